The molecule has 4 N–H and O–H groups in total. The number of rotatable bonds is 4. The van der Waals surface area contributed by atoms with Crippen molar-refractivity contribution < 1.29 is 34.7 Å². The lowest BCUT2D eigenvalue weighted by atomic mass is 9.99. The van der Waals surface area contributed by atoms with E-state index >= 15 is 0 Å². The predicted octanol–water partition coefficient (Wildman–Crippen LogP) is -1.92. The fourth-order valence-corrected chi connectivity index (χ4v) is 1.35. The molecule has 1 saturated heterocycles. The molecular formula is C9H14O7. The third-order valence-electron chi connectivity index (χ3n) is 2.19. The number of hydrogen-bond donors (Lipinski definition) is 4. The molecule has 5 atom stereocenters. The normalized spacial score (nSPS) is 39.3. The number of carbonyl (C=O) groups is 1. The molecule has 0 amide bonds. The van der Waals surface area contributed by atoms with E-state index in [-0.39, 0.29) is 6.61 Å². The third kappa shape index (κ3) is 2.57. The van der Waals surface area contributed by atoms with E-state index < -0.39 is 36.7 Å². The van der Waals surface area contributed by atoms with Gasteiger partial charge in [0.25, 0.3) is 0 Å². The summed E-state index contributed by atoms with van der Waals surface area (Å²) in [5.41, 5.74) is 0. The van der Waals surface area contributed by atoms with Crippen LogP contribution < -0.4 is 0 Å². The van der Waals surface area contributed by atoms with E-state index in [1.807, 2.05) is 0 Å². The molecule has 1 fully saturated rings. The van der Waals surface area contributed by atoms with Gasteiger partial charge in [-0.3, -0.25) is 0 Å². The molecule has 0 aliphatic carbocycles. The molecular weight excluding hydrogens is 220 g/mol. The number of carboxylic acid groups (broad SMARTS) is 1. The molecule has 92 valence electrons. The van der Waals surface area contributed by atoms with Gasteiger partial charge in [-0.15, -0.1) is 6.58 Å². The van der Waals surface area contributed by atoms with E-state index in [0.29, 0.717) is 0 Å². The van der Waals surface area contributed by atoms with Gasteiger partial charge >= 0.3 is 5.97 Å². The number of aliphatic carboxylic acids is 1. The van der Waals surface area contributed by atoms with Crippen molar-refractivity contribution in [2.75, 3.05) is 6.61 Å². The van der Waals surface area contributed by atoms with Crippen molar-refractivity contribution in [2.45, 2.75) is 30.7 Å². The van der Waals surface area contributed by atoms with E-state index in [4.69, 9.17) is 14.6 Å². The van der Waals surface area contributed by atoms with Crippen LogP contribution in [0.2, 0.25) is 0 Å². The minimum Gasteiger partial charge on any atom is -0.479 e. The Hall–Kier alpha value is -0.990. The average molecular weight is 234 g/mol. The first-order valence-corrected chi connectivity index (χ1v) is 4.64. The van der Waals surface area contributed by atoms with Crippen molar-refractivity contribution in [3.63, 3.8) is 0 Å². The van der Waals surface area contributed by atoms with Gasteiger partial charge in [-0.1, -0.05) is 6.08 Å². The Labute approximate surface area is 91.5 Å². The van der Waals surface area contributed by atoms with E-state index in [0.717, 1.165) is 0 Å². The molecule has 1 heterocycles. The van der Waals surface area contributed by atoms with Gasteiger partial charge in [-0.25, -0.2) is 4.79 Å². The van der Waals surface area contributed by atoms with E-state index in [1.54, 1.807) is 0 Å². The van der Waals surface area contributed by atoms with Crippen LogP contribution >= 0.6 is 0 Å². The fourth-order valence-electron chi connectivity index (χ4n) is 1.35. The Bertz CT molecular complexity index is 267. The van der Waals surface area contributed by atoms with Crippen molar-refractivity contribution in [3.8, 4) is 0 Å². The molecule has 1 rings (SSSR count). The molecule has 1 aliphatic rings. The molecule has 0 radical (unpaired) electrons. The molecule has 7 heteroatoms. The highest BCUT2D eigenvalue weighted by molar-refractivity contribution is 5.73. The number of hydrogen-bond acceptors (Lipinski definition) is 6. The van der Waals surface area contributed by atoms with Crippen LogP contribution in [0.4, 0.5) is 0 Å². The number of ether oxygens (including phenoxy) is 2. The Morgan fingerprint density at radius 2 is 1.94 bits per heavy atom. The quantitative estimate of drug-likeness (QED) is 0.419. The monoisotopic (exact) mass is 234 g/mol. The van der Waals surface area contributed by atoms with Gasteiger partial charge in [0.15, 0.2) is 12.4 Å². The summed E-state index contributed by atoms with van der Waals surface area (Å²) >= 11 is 0. The van der Waals surface area contributed by atoms with Gasteiger partial charge in [0, 0.05) is 0 Å². The van der Waals surface area contributed by atoms with Gasteiger partial charge < -0.3 is 29.9 Å². The molecule has 0 aromatic heterocycles. The zero-order valence-electron chi connectivity index (χ0n) is 8.39. The van der Waals surface area contributed by atoms with E-state index in [9.17, 15) is 20.1 Å². The summed E-state index contributed by atoms with van der Waals surface area (Å²) in [6.07, 6.45) is -6.40. The van der Waals surface area contributed by atoms with E-state index in [1.165, 1.54) is 6.08 Å². The lowest BCUT2D eigenvalue weighted by Gasteiger charge is -2.38. The van der Waals surface area contributed by atoms with Crippen molar-refractivity contribution >= 4 is 5.97 Å². The molecule has 1 unspecified atom stereocenters. The summed E-state index contributed by atoms with van der Waals surface area (Å²) < 4.78 is 9.73. The maximum absolute atomic E-state index is 10.7. The van der Waals surface area contributed by atoms with Crippen LogP contribution in [0.1, 0.15) is 0 Å². The molecule has 16 heavy (non-hydrogen) atoms. The highest BCUT2D eigenvalue weighted by Crippen LogP contribution is 2.22. The van der Waals surface area contributed by atoms with Crippen LogP contribution in [0, 0.1) is 0 Å². The molecule has 1 aliphatic heterocycles. The molecule has 7 nitrogen and oxygen atoms in total. The van der Waals surface area contributed by atoms with E-state index in [2.05, 4.69) is 6.58 Å². The van der Waals surface area contributed by atoms with Crippen LogP contribution in [0.3, 0.4) is 0 Å². The lowest BCUT2D eigenvalue weighted by molar-refractivity contribution is -0.291. The second-order valence-corrected chi connectivity index (χ2v) is 3.36. The highest BCUT2D eigenvalue weighted by Gasteiger charge is 2.47. The van der Waals surface area contributed by atoms with Gasteiger partial charge in [-0.2, -0.15) is 0 Å². The largest absolute Gasteiger partial charge is 0.479 e. The maximum Gasteiger partial charge on any atom is 0.335 e. The SMILES string of the molecule is C=CCOC1O[C@H](C(=O)O)[C@H](O)[C@H](O)[C@H]1O. The molecule has 0 aromatic rings. The summed E-state index contributed by atoms with van der Waals surface area (Å²) in [5, 5.41) is 36.9. The molecule has 0 bridgehead atoms. The minimum absolute atomic E-state index is 0.0247. The second kappa shape index (κ2) is 5.37. The Balaban J connectivity index is 2.72. The minimum atomic E-state index is -1.70. The Morgan fingerprint density at radius 3 is 2.44 bits per heavy atom. The first-order valence-electron chi connectivity index (χ1n) is 4.64. The molecule has 0 spiro atoms. The van der Waals surface area contributed by atoms with Crippen molar-refractivity contribution in [2.24, 2.45) is 0 Å². The predicted molar refractivity (Wildman–Crippen MR) is 50.5 cm³/mol. The van der Waals surface area contributed by atoms with Crippen LogP contribution in [-0.4, -0.2) is 63.7 Å². The van der Waals surface area contributed by atoms with Gasteiger partial charge in [-0.05, 0) is 0 Å². The Morgan fingerprint density at radius 1 is 1.31 bits per heavy atom. The molecule has 0 saturated carbocycles. The summed E-state index contributed by atoms with van der Waals surface area (Å²) in [6, 6.07) is 0. The fraction of sp³-hybridized carbons (Fsp3) is 0.667. The van der Waals surface area contributed by atoms with Gasteiger partial charge in [0.2, 0.25) is 0 Å². The zero-order chi connectivity index (χ0) is 12.3. The number of aliphatic hydroxyl groups excluding tert-OH is 3. The van der Waals surface area contributed by atoms with Crippen LogP contribution in [0.5, 0.6) is 0 Å². The summed E-state index contributed by atoms with van der Waals surface area (Å²) in [4.78, 5) is 10.7. The van der Waals surface area contributed by atoms with Crippen LogP contribution in [0.25, 0.3) is 0 Å². The second-order valence-electron chi connectivity index (χ2n) is 3.36. The smallest absolute Gasteiger partial charge is 0.335 e. The first kappa shape index (κ1) is 13.1. The summed E-state index contributed by atoms with van der Waals surface area (Å²) in [6.45, 7) is 3.39. The van der Waals surface area contributed by atoms with Crippen molar-refractivity contribution in [1.82, 2.24) is 0 Å². The zero-order valence-corrected chi connectivity index (χ0v) is 8.39. The number of carboxylic acids is 1. The standard InChI is InChI=1S/C9H14O7/c1-2-3-15-9-6(12)4(10)5(11)7(16-9)8(13)14/h2,4-7,9-12H,1,3H2,(H,13,14)/t4-,5+,6+,7-,9?/m0/s1. The van der Waals surface area contributed by atoms with Crippen LogP contribution in [0.15, 0.2) is 12.7 Å². The van der Waals surface area contributed by atoms with Crippen molar-refractivity contribution in [1.29, 1.82) is 0 Å². The van der Waals surface area contributed by atoms with Crippen molar-refractivity contribution in [3.05, 3.63) is 12.7 Å². The lowest BCUT2D eigenvalue weighted by Crippen LogP contribution is -2.60. The van der Waals surface area contributed by atoms with Gasteiger partial charge in [0.05, 0.1) is 6.61 Å². The topological polar surface area (TPSA) is 116 Å². The summed E-state index contributed by atoms with van der Waals surface area (Å²) in [5.74, 6) is -1.44. The Kier molecular flexibility index (Phi) is 4.39. The number of aliphatic hydroxyl groups is 3. The third-order valence-corrected chi connectivity index (χ3v) is 2.19. The molecule has 0 aromatic carbocycles. The highest BCUT2D eigenvalue weighted by atomic mass is 16.7. The summed E-state index contributed by atoms with van der Waals surface area (Å²) in [7, 11) is 0. The van der Waals surface area contributed by atoms with Crippen LogP contribution in [-0.2, 0) is 14.3 Å². The maximum atomic E-state index is 10.7. The van der Waals surface area contributed by atoms with Gasteiger partial charge in [0.1, 0.15) is 18.3 Å². The first-order chi connectivity index (χ1) is 7.49. The average Bonchev–Trinajstić information content (AvgIpc) is 2.24.